The molecule has 2 rings (SSSR count). The Labute approximate surface area is 94.4 Å². The molecule has 0 heterocycles. The van der Waals surface area contributed by atoms with E-state index in [1.54, 1.807) is 0 Å². The second kappa shape index (κ2) is 5.37. The molecule has 0 amide bonds. The minimum absolute atomic E-state index is 0. The van der Waals surface area contributed by atoms with Gasteiger partial charge in [0.2, 0.25) is 0 Å². The lowest BCUT2D eigenvalue weighted by Crippen LogP contribution is -2.42. The van der Waals surface area contributed by atoms with Crippen molar-refractivity contribution in [1.29, 1.82) is 0 Å². The van der Waals surface area contributed by atoms with Crippen LogP contribution in [-0.2, 0) is 0 Å². The molecule has 1 nitrogen and oxygen atoms in total. The highest BCUT2D eigenvalue weighted by Crippen LogP contribution is 2.39. The Hall–Kier alpha value is 0.250. The van der Waals surface area contributed by atoms with Crippen molar-refractivity contribution < 1.29 is 0 Å². The topological polar surface area (TPSA) is 12.0 Å². The summed E-state index contributed by atoms with van der Waals surface area (Å²) in [6.45, 7) is 3.71. The van der Waals surface area contributed by atoms with Gasteiger partial charge in [-0.25, -0.2) is 0 Å². The van der Waals surface area contributed by atoms with E-state index in [1.807, 2.05) is 0 Å². The van der Waals surface area contributed by atoms with Crippen LogP contribution < -0.4 is 5.32 Å². The summed E-state index contributed by atoms with van der Waals surface area (Å²) in [5.74, 6) is 0. The van der Waals surface area contributed by atoms with Gasteiger partial charge in [-0.1, -0.05) is 32.6 Å². The average molecular weight is 218 g/mol. The summed E-state index contributed by atoms with van der Waals surface area (Å²) in [5.41, 5.74) is 0.664. The van der Waals surface area contributed by atoms with Crippen LogP contribution in [0.2, 0.25) is 0 Å². The second-order valence-electron chi connectivity index (χ2n) is 5.38. The zero-order valence-corrected chi connectivity index (χ0v) is 10.2. The molecule has 0 aromatic carbocycles. The van der Waals surface area contributed by atoms with Crippen molar-refractivity contribution in [2.24, 2.45) is 5.41 Å². The molecule has 14 heavy (non-hydrogen) atoms. The molecule has 0 radical (unpaired) electrons. The van der Waals surface area contributed by atoms with Gasteiger partial charge in [-0.3, -0.25) is 0 Å². The molecule has 0 aromatic heterocycles. The fourth-order valence-electron chi connectivity index (χ4n) is 2.65. The molecule has 1 N–H and O–H groups in total. The molecule has 0 unspecified atom stereocenters. The average Bonchev–Trinajstić information content (AvgIpc) is 2.13. The Balaban J connectivity index is 0.000000980. The van der Waals surface area contributed by atoms with Crippen molar-refractivity contribution in [2.75, 3.05) is 6.54 Å². The number of rotatable bonds is 3. The van der Waals surface area contributed by atoms with Gasteiger partial charge in [0.1, 0.15) is 0 Å². The molecule has 2 aliphatic carbocycles. The summed E-state index contributed by atoms with van der Waals surface area (Å²) < 4.78 is 0. The maximum Gasteiger partial charge on any atom is 0.00672 e. The predicted molar refractivity (Wildman–Crippen MR) is 64.1 cm³/mol. The molecule has 2 aliphatic rings. The molecule has 0 spiro atoms. The highest BCUT2D eigenvalue weighted by Gasteiger charge is 2.31. The van der Waals surface area contributed by atoms with E-state index in [9.17, 15) is 0 Å². The van der Waals surface area contributed by atoms with Gasteiger partial charge in [-0.2, -0.15) is 0 Å². The van der Waals surface area contributed by atoms with E-state index in [1.165, 1.54) is 57.9 Å². The van der Waals surface area contributed by atoms with Crippen LogP contribution in [0.5, 0.6) is 0 Å². The number of nitrogens with one attached hydrogen (secondary N) is 1. The van der Waals surface area contributed by atoms with E-state index in [4.69, 9.17) is 0 Å². The summed E-state index contributed by atoms with van der Waals surface area (Å²) in [7, 11) is 0. The highest BCUT2D eigenvalue weighted by atomic mass is 35.5. The number of hydrogen-bond donors (Lipinski definition) is 1. The summed E-state index contributed by atoms with van der Waals surface area (Å²) >= 11 is 0. The van der Waals surface area contributed by atoms with E-state index in [2.05, 4.69) is 12.2 Å². The van der Waals surface area contributed by atoms with Gasteiger partial charge >= 0.3 is 0 Å². The molecule has 0 bridgehead atoms. The van der Waals surface area contributed by atoms with E-state index < -0.39 is 0 Å². The SMILES string of the molecule is CC1(CNC2CCCCC2)CCC1.Cl. The van der Waals surface area contributed by atoms with E-state index >= 15 is 0 Å². The first-order valence-electron chi connectivity index (χ1n) is 6.02. The third-order valence-corrected chi connectivity index (χ3v) is 3.98. The quantitative estimate of drug-likeness (QED) is 0.763. The lowest BCUT2D eigenvalue weighted by Gasteiger charge is -2.40. The standard InChI is InChI=1S/C12H23N.ClH/c1-12(8-5-9-12)10-13-11-6-3-2-4-7-11;/h11,13H,2-10H2,1H3;1H. The van der Waals surface area contributed by atoms with Crippen molar-refractivity contribution in [3.63, 3.8) is 0 Å². The van der Waals surface area contributed by atoms with Crippen LogP contribution in [-0.4, -0.2) is 12.6 Å². The van der Waals surface area contributed by atoms with Crippen molar-refractivity contribution >= 4 is 12.4 Å². The Kier molecular flexibility index (Phi) is 4.72. The Morgan fingerprint density at radius 1 is 1.07 bits per heavy atom. The molecule has 0 aromatic rings. The fourth-order valence-corrected chi connectivity index (χ4v) is 2.65. The van der Waals surface area contributed by atoms with Crippen LogP contribution in [0, 0.1) is 5.41 Å². The zero-order chi connectivity index (χ0) is 9.15. The molecule has 0 aliphatic heterocycles. The molecule has 0 atom stereocenters. The molecule has 2 saturated carbocycles. The largest absolute Gasteiger partial charge is 0.313 e. The van der Waals surface area contributed by atoms with Crippen LogP contribution in [0.3, 0.4) is 0 Å². The van der Waals surface area contributed by atoms with E-state index in [-0.39, 0.29) is 12.4 Å². The summed E-state index contributed by atoms with van der Waals surface area (Å²) in [6, 6.07) is 0.853. The summed E-state index contributed by atoms with van der Waals surface area (Å²) in [6.07, 6.45) is 11.6. The van der Waals surface area contributed by atoms with E-state index in [0.717, 1.165) is 6.04 Å². The molecule has 84 valence electrons. The third-order valence-electron chi connectivity index (χ3n) is 3.98. The second-order valence-corrected chi connectivity index (χ2v) is 5.38. The first kappa shape index (κ1) is 12.3. The van der Waals surface area contributed by atoms with Crippen LogP contribution in [0.25, 0.3) is 0 Å². The minimum Gasteiger partial charge on any atom is -0.313 e. The highest BCUT2D eigenvalue weighted by molar-refractivity contribution is 5.85. The maximum atomic E-state index is 3.76. The lowest BCUT2D eigenvalue weighted by molar-refractivity contribution is 0.146. The van der Waals surface area contributed by atoms with Gasteiger partial charge in [0.05, 0.1) is 0 Å². The Morgan fingerprint density at radius 3 is 2.21 bits per heavy atom. The Morgan fingerprint density at radius 2 is 1.71 bits per heavy atom. The van der Waals surface area contributed by atoms with Crippen molar-refractivity contribution in [2.45, 2.75) is 64.3 Å². The molecular formula is C12H24ClN. The summed E-state index contributed by atoms with van der Waals surface area (Å²) in [4.78, 5) is 0. The third kappa shape index (κ3) is 3.13. The van der Waals surface area contributed by atoms with Crippen LogP contribution in [0.15, 0.2) is 0 Å². The first-order valence-corrected chi connectivity index (χ1v) is 6.02. The maximum absolute atomic E-state index is 3.76. The van der Waals surface area contributed by atoms with Gasteiger partial charge in [-0.05, 0) is 31.1 Å². The van der Waals surface area contributed by atoms with Crippen LogP contribution in [0.4, 0.5) is 0 Å². The summed E-state index contributed by atoms with van der Waals surface area (Å²) in [5, 5.41) is 3.76. The number of halogens is 1. The van der Waals surface area contributed by atoms with Crippen LogP contribution >= 0.6 is 12.4 Å². The van der Waals surface area contributed by atoms with E-state index in [0.29, 0.717) is 5.41 Å². The predicted octanol–water partition coefficient (Wildman–Crippen LogP) is 3.52. The zero-order valence-electron chi connectivity index (χ0n) is 9.35. The minimum atomic E-state index is 0. The monoisotopic (exact) mass is 217 g/mol. The van der Waals surface area contributed by atoms with Crippen molar-refractivity contribution in [1.82, 2.24) is 5.32 Å². The smallest absolute Gasteiger partial charge is 0.00672 e. The molecule has 0 saturated heterocycles. The lowest BCUT2D eigenvalue weighted by atomic mass is 9.70. The van der Waals surface area contributed by atoms with Gasteiger partial charge < -0.3 is 5.32 Å². The van der Waals surface area contributed by atoms with Gasteiger partial charge in [0.25, 0.3) is 0 Å². The molecule has 2 heteroatoms. The van der Waals surface area contributed by atoms with Crippen molar-refractivity contribution in [3.8, 4) is 0 Å². The first-order chi connectivity index (χ1) is 6.29. The molecule has 2 fully saturated rings. The van der Waals surface area contributed by atoms with Crippen molar-refractivity contribution in [3.05, 3.63) is 0 Å². The Bertz CT molecular complexity index is 160. The fraction of sp³-hybridized carbons (Fsp3) is 1.00. The van der Waals surface area contributed by atoms with Gasteiger partial charge in [0, 0.05) is 12.6 Å². The molecular weight excluding hydrogens is 194 g/mol. The van der Waals surface area contributed by atoms with Gasteiger partial charge in [-0.15, -0.1) is 12.4 Å². The van der Waals surface area contributed by atoms with Gasteiger partial charge in [0.15, 0.2) is 0 Å². The number of hydrogen-bond acceptors (Lipinski definition) is 1. The normalized spacial score (nSPS) is 26.4. The van der Waals surface area contributed by atoms with Crippen LogP contribution in [0.1, 0.15) is 58.3 Å².